The molecule has 0 aromatic carbocycles. The summed E-state index contributed by atoms with van der Waals surface area (Å²) in [6.45, 7) is 8.69. The van der Waals surface area contributed by atoms with E-state index < -0.39 is 0 Å². The predicted octanol–water partition coefficient (Wildman–Crippen LogP) is 1.27. The van der Waals surface area contributed by atoms with Crippen molar-refractivity contribution in [3.8, 4) is 11.8 Å². The van der Waals surface area contributed by atoms with Crippen molar-refractivity contribution in [3.63, 3.8) is 0 Å². The number of hydrogen-bond donors (Lipinski definition) is 1. The highest BCUT2D eigenvalue weighted by Crippen LogP contribution is 2.09. The maximum absolute atomic E-state index is 4.88. The Labute approximate surface area is 75.7 Å². The Balaban J connectivity index is 3.34. The maximum Gasteiger partial charge on any atom is 0.0587 e. The van der Waals surface area contributed by atoms with Crippen molar-refractivity contribution in [2.24, 2.45) is 5.41 Å². The fraction of sp³-hybridized carbons (Fsp3) is 0.800. The van der Waals surface area contributed by atoms with E-state index in [1.54, 1.807) is 7.11 Å². The summed E-state index contributed by atoms with van der Waals surface area (Å²) in [5.41, 5.74) is 0.114. The molecule has 2 heteroatoms. The molecule has 0 aromatic heterocycles. The first-order valence-corrected chi connectivity index (χ1v) is 4.26. The highest BCUT2D eigenvalue weighted by atomic mass is 16.5. The molecule has 0 saturated carbocycles. The van der Waals surface area contributed by atoms with Gasteiger partial charge in [-0.15, -0.1) is 0 Å². The Kier molecular flexibility index (Phi) is 5.79. The summed E-state index contributed by atoms with van der Waals surface area (Å²) in [5.74, 6) is 6.21. The Morgan fingerprint density at radius 2 is 2.00 bits per heavy atom. The SMILES string of the molecule is COCCNCC#CC(C)(C)C. The van der Waals surface area contributed by atoms with Gasteiger partial charge < -0.3 is 10.1 Å². The van der Waals surface area contributed by atoms with Crippen LogP contribution in [0.4, 0.5) is 0 Å². The Bertz CT molecular complexity index is 159. The summed E-state index contributed by atoms with van der Waals surface area (Å²) in [6.07, 6.45) is 0. The van der Waals surface area contributed by atoms with Gasteiger partial charge in [0.15, 0.2) is 0 Å². The molecular formula is C10H19NO. The minimum absolute atomic E-state index is 0.114. The summed E-state index contributed by atoms with van der Waals surface area (Å²) < 4.78 is 4.88. The third kappa shape index (κ3) is 9.48. The Hall–Kier alpha value is -0.520. The monoisotopic (exact) mass is 169 g/mol. The quantitative estimate of drug-likeness (QED) is 0.505. The lowest BCUT2D eigenvalue weighted by Gasteiger charge is -2.06. The lowest BCUT2D eigenvalue weighted by molar-refractivity contribution is 0.200. The molecule has 0 aliphatic heterocycles. The largest absolute Gasteiger partial charge is 0.383 e. The van der Waals surface area contributed by atoms with Crippen molar-refractivity contribution < 1.29 is 4.74 Å². The molecule has 70 valence electrons. The second-order valence-corrected chi connectivity index (χ2v) is 3.72. The van der Waals surface area contributed by atoms with E-state index in [2.05, 4.69) is 37.9 Å². The number of rotatable bonds is 4. The summed E-state index contributed by atoms with van der Waals surface area (Å²) in [5, 5.41) is 3.16. The molecule has 0 bridgehead atoms. The van der Waals surface area contributed by atoms with E-state index in [9.17, 15) is 0 Å². The van der Waals surface area contributed by atoms with E-state index in [-0.39, 0.29) is 5.41 Å². The van der Waals surface area contributed by atoms with Gasteiger partial charge in [-0.05, 0) is 20.8 Å². The van der Waals surface area contributed by atoms with E-state index in [0.29, 0.717) is 0 Å². The smallest absolute Gasteiger partial charge is 0.0587 e. The van der Waals surface area contributed by atoms with E-state index >= 15 is 0 Å². The van der Waals surface area contributed by atoms with Crippen molar-refractivity contribution in [2.45, 2.75) is 20.8 Å². The van der Waals surface area contributed by atoms with Crippen molar-refractivity contribution >= 4 is 0 Å². The molecule has 0 unspecified atom stereocenters. The van der Waals surface area contributed by atoms with E-state index in [1.807, 2.05) is 0 Å². The first-order valence-electron chi connectivity index (χ1n) is 4.26. The van der Waals surface area contributed by atoms with Gasteiger partial charge in [-0.25, -0.2) is 0 Å². The average molecular weight is 169 g/mol. The van der Waals surface area contributed by atoms with Crippen LogP contribution in [0.5, 0.6) is 0 Å². The zero-order valence-corrected chi connectivity index (χ0v) is 8.53. The van der Waals surface area contributed by atoms with Crippen LogP contribution in [0.25, 0.3) is 0 Å². The van der Waals surface area contributed by atoms with Gasteiger partial charge in [0.1, 0.15) is 0 Å². The standard InChI is InChI=1S/C10H19NO/c1-10(2,3)6-5-7-11-8-9-12-4/h11H,7-9H2,1-4H3. The summed E-state index contributed by atoms with van der Waals surface area (Å²) in [4.78, 5) is 0. The lowest BCUT2D eigenvalue weighted by Crippen LogP contribution is -2.19. The number of methoxy groups -OCH3 is 1. The maximum atomic E-state index is 4.88. The first kappa shape index (κ1) is 11.5. The molecule has 2 nitrogen and oxygen atoms in total. The molecule has 0 heterocycles. The van der Waals surface area contributed by atoms with Crippen molar-refractivity contribution in [3.05, 3.63) is 0 Å². The fourth-order valence-corrected chi connectivity index (χ4v) is 0.634. The lowest BCUT2D eigenvalue weighted by atomic mass is 9.98. The zero-order chi connectivity index (χ0) is 9.45. The van der Waals surface area contributed by atoms with Crippen LogP contribution in [0.3, 0.4) is 0 Å². The van der Waals surface area contributed by atoms with E-state index in [1.165, 1.54) is 0 Å². The topological polar surface area (TPSA) is 21.3 Å². The van der Waals surface area contributed by atoms with Crippen molar-refractivity contribution in [2.75, 3.05) is 26.8 Å². The van der Waals surface area contributed by atoms with Crippen LogP contribution in [0.2, 0.25) is 0 Å². The number of hydrogen-bond acceptors (Lipinski definition) is 2. The van der Waals surface area contributed by atoms with Crippen LogP contribution in [0.15, 0.2) is 0 Å². The van der Waals surface area contributed by atoms with Crippen LogP contribution in [-0.4, -0.2) is 26.8 Å². The van der Waals surface area contributed by atoms with Crippen LogP contribution >= 0.6 is 0 Å². The van der Waals surface area contributed by atoms with Gasteiger partial charge in [-0.3, -0.25) is 0 Å². The minimum atomic E-state index is 0.114. The predicted molar refractivity (Wildman–Crippen MR) is 52.0 cm³/mol. The molecule has 0 fully saturated rings. The molecule has 0 rings (SSSR count). The van der Waals surface area contributed by atoms with Crippen LogP contribution in [0.1, 0.15) is 20.8 Å². The molecule has 0 radical (unpaired) electrons. The minimum Gasteiger partial charge on any atom is -0.383 e. The van der Waals surface area contributed by atoms with Gasteiger partial charge in [0, 0.05) is 19.1 Å². The normalized spacial score (nSPS) is 10.7. The molecule has 0 aliphatic carbocycles. The zero-order valence-electron chi connectivity index (χ0n) is 8.53. The Morgan fingerprint density at radius 1 is 1.33 bits per heavy atom. The molecule has 12 heavy (non-hydrogen) atoms. The third-order valence-corrected chi connectivity index (χ3v) is 1.16. The molecule has 0 aliphatic rings. The van der Waals surface area contributed by atoms with Gasteiger partial charge in [-0.1, -0.05) is 11.8 Å². The summed E-state index contributed by atoms with van der Waals surface area (Å²) >= 11 is 0. The van der Waals surface area contributed by atoms with Gasteiger partial charge in [-0.2, -0.15) is 0 Å². The average Bonchev–Trinajstić information content (AvgIpc) is 1.94. The second-order valence-electron chi connectivity index (χ2n) is 3.72. The molecule has 0 aromatic rings. The molecule has 0 amide bonds. The molecule has 0 saturated heterocycles. The molecule has 1 N–H and O–H groups in total. The van der Waals surface area contributed by atoms with E-state index in [4.69, 9.17) is 4.74 Å². The second kappa shape index (κ2) is 6.05. The first-order chi connectivity index (χ1) is 5.56. The summed E-state index contributed by atoms with van der Waals surface area (Å²) in [7, 11) is 1.70. The van der Waals surface area contributed by atoms with E-state index in [0.717, 1.165) is 19.7 Å². The highest BCUT2D eigenvalue weighted by molar-refractivity contribution is 5.08. The van der Waals surface area contributed by atoms with Crippen molar-refractivity contribution in [1.29, 1.82) is 0 Å². The fourth-order valence-electron chi connectivity index (χ4n) is 0.634. The molecule has 0 spiro atoms. The van der Waals surface area contributed by atoms with Gasteiger partial charge in [0.2, 0.25) is 0 Å². The number of ether oxygens (including phenoxy) is 1. The molecular weight excluding hydrogens is 150 g/mol. The van der Waals surface area contributed by atoms with Crippen LogP contribution in [0, 0.1) is 17.3 Å². The molecule has 0 atom stereocenters. The van der Waals surface area contributed by atoms with Gasteiger partial charge in [0.05, 0.1) is 13.2 Å². The van der Waals surface area contributed by atoms with Gasteiger partial charge in [0.25, 0.3) is 0 Å². The summed E-state index contributed by atoms with van der Waals surface area (Å²) in [6, 6.07) is 0. The third-order valence-electron chi connectivity index (χ3n) is 1.16. The van der Waals surface area contributed by atoms with Gasteiger partial charge >= 0.3 is 0 Å². The Morgan fingerprint density at radius 3 is 2.50 bits per heavy atom. The number of nitrogens with one attached hydrogen (secondary N) is 1. The van der Waals surface area contributed by atoms with Crippen LogP contribution in [-0.2, 0) is 4.74 Å². The van der Waals surface area contributed by atoms with Crippen LogP contribution < -0.4 is 5.32 Å². The highest BCUT2D eigenvalue weighted by Gasteiger charge is 2.02. The van der Waals surface area contributed by atoms with Crippen molar-refractivity contribution in [1.82, 2.24) is 5.32 Å².